The van der Waals surface area contributed by atoms with Gasteiger partial charge in [-0.3, -0.25) is 0 Å². The molecule has 0 fully saturated rings. The number of nitriles is 1. The van der Waals surface area contributed by atoms with Crippen molar-refractivity contribution < 1.29 is 0 Å². The van der Waals surface area contributed by atoms with E-state index in [9.17, 15) is 0 Å². The number of aromatic nitrogens is 1. The number of aryl methyl sites for hydroxylation is 1. The summed E-state index contributed by atoms with van der Waals surface area (Å²) >= 11 is 0. The first-order valence-electron chi connectivity index (χ1n) is 5.28. The molecule has 0 saturated heterocycles. The van der Waals surface area contributed by atoms with Gasteiger partial charge < -0.3 is 9.30 Å². The molecule has 0 spiro atoms. The summed E-state index contributed by atoms with van der Waals surface area (Å²) in [7, 11) is 4.06. The Labute approximate surface area is 95.5 Å². The molecule has 82 valence electrons. The van der Waals surface area contributed by atoms with Gasteiger partial charge in [-0.05, 0) is 39.2 Å². The molecular formula is C13H15N3. The fourth-order valence-corrected chi connectivity index (χ4v) is 2.04. The molecule has 0 unspecified atom stereocenters. The average molecular weight is 213 g/mol. The van der Waals surface area contributed by atoms with Crippen LogP contribution in [0, 0.1) is 18.3 Å². The van der Waals surface area contributed by atoms with Crippen molar-refractivity contribution in [1.82, 2.24) is 9.30 Å². The number of pyridine rings is 1. The Kier molecular flexibility index (Phi) is 2.67. The smallest absolute Gasteiger partial charge is 0.101 e. The Hall–Kier alpha value is -1.79. The lowest BCUT2D eigenvalue weighted by Crippen LogP contribution is -2.12. The zero-order valence-electron chi connectivity index (χ0n) is 9.86. The molecule has 0 bridgehead atoms. The van der Waals surface area contributed by atoms with Crippen LogP contribution in [0.4, 0.5) is 0 Å². The van der Waals surface area contributed by atoms with E-state index in [0.717, 1.165) is 29.0 Å². The van der Waals surface area contributed by atoms with Crippen molar-refractivity contribution in [3.05, 3.63) is 41.2 Å². The van der Waals surface area contributed by atoms with Gasteiger partial charge in [-0.25, -0.2) is 0 Å². The topological polar surface area (TPSA) is 31.4 Å². The first-order valence-corrected chi connectivity index (χ1v) is 5.28. The molecule has 0 aliphatic rings. The predicted octanol–water partition coefficient (Wildman–Crippen LogP) is 2.18. The number of rotatable bonds is 2. The summed E-state index contributed by atoms with van der Waals surface area (Å²) in [6.07, 6.45) is 0. The highest BCUT2D eigenvalue weighted by Crippen LogP contribution is 2.19. The van der Waals surface area contributed by atoms with Gasteiger partial charge in [-0.1, -0.05) is 6.07 Å². The zero-order chi connectivity index (χ0) is 11.7. The Bertz CT molecular complexity index is 558. The minimum atomic E-state index is 0.751. The molecular weight excluding hydrogens is 198 g/mol. The molecule has 0 saturated carbocycles. The van der Waals surface area contributed by atoms with Crippen molar-refractivity contribution in [3.63, 3.8) is 0 Å². The van der Waals surface area contributed by atoms with E-state index in [1.165, 1.54) is 0 Å². The number of hydrogen-bond acceptors (Lipinski definition) is 2. The predicted molar refractivity (Wildman–Crippen MR) is 64.2 cm³/mol. The second-order valence-corrected chi connectivity index (χ2v) is 4.29. The minimum Gasteiger partial charge on any atom is -0.316 e. The largest absolute Gasteiger partial charge is 0.316 e. The Morgan fingerprint density at radius 2 is 2.12 bits per heavy atom. The second kappa shape index (κ2) is 3.99. The molecule has 0 aliphatic carbocycles. The van der Waals surface area contributed by atoms with Crippen molar-refractivity contribution in [2.24, 2.45) is 0 Å². The molecule has 0 aromatic carbocycles. The lowest BCUT2D eigenvalue weighted by Gasteiger charge is -2.11. The summed E-state index contributed by atoms with van der Waals surface area (Å²) in [6, 6.07) is 10.3. The van der Waals surface area contributed by atoms with Crippen molar-refractivity contribution in [2.45, 2.75) is 13.5 Å². The summed E-state index contributed by atoms with van der Waals surface area (Å²) in [5, 5.41) is 9.10. The standard InChI is InChI=1S/C13H15N3/c1-10-5-4-6-13-11(8-14)7-12(16(10)13)9-15(2)3/h4-7H,9H2,1-3H3. The SMILES string of the molecule is Cc1cccc2c(C#N)cc(CN(C)C)n12. The van der Waals surface area contributed by atoms with E-state index in [0.29, 0.717) is 0 Å². The minimum absolute atomic E-state index is 0.751. The third-order valence-corrected chi connectivity index (χ3v) is 2.66. The maximum Gasteiger partial charge on any atom is 0.101 e. The van der Waals surface area contributed by atoms with E-state index in [-0.39, 0.29) is 0 Å². The molecule has 0 aliphatic heterocycles. The van der Waals surface area contributed by atoms with E-state index >= 15 is 0 Å². The first-order chi connectivity index (χ1) is 7.63. The van der Waals surface area contributed by atoms with Crippen LogP contribution >= 0.6 is 0 Å². The molecule has 0 radical (unpaired) electrons. The van der Waals surface area contributed by atoms with Crippen molar-refractivity contribution in [3.8, 4) is 6.07 Å². The fourth-order valence-electron chi connectivity index (χ4n) is 2.04. The summed E-state index contributed by atoms with van der Waals surface area (Å²) in [5.74, 6) is 0. The molecule has 0 atom stereocenters. The number of hydrogen-bond donors (Lipinski definition) is 0. The molecule has 2 aromatic heterocycles. The highest BCUT2D eigenvalue weighted by molar-refractivity contribution is 5.64. The van der Waals surface area contributed by atoms with Crippen molar-refractivity contribution in [2.75, 3.05) is 14.1 Å². The van der Waals surface area contributed by atoms with Gasteiger partial charge in [0.05, 0.1) is 11.1 Å². The van der Waals surface area contributed by atoms with Crippen LogP contribution in [-0.4, -0.2) is 23.4 Å². The Morgan fingerprint density at radius 1 is 1.38 bits per heavy atom. The summed E-state index contributed by atoms with van der Waals surface area (Å²) < 4.78 is 2.15. The van der Waals surface area contributed by atoms with E-state index in [1.807, 2.05) is 32.3 Å². The van der Waals surface area contributed by atoms with Gasteiger partial charge in [-0.15, -0.1) is 0 Å². The molecule has 2 heterocycles. The summed E-state index contributed by atoms with van der Waals surface area (Å²) in [4.78, 5) is 2.11. The Morgan fingerprint density at radius 3 is 2.75 bits per heavy atom. The van der Waals surface area contributed by atoms with Gasteiger partial charge in [0.2, 0.25) is 0 Å². The maximum atomic E-state index is 9.10. The lowest BCUT2D eigenvalue weighted by molar-refractivity contribution is 0.395. The van der Waals surface area contributed by atoms with Crippen LogP contribution in [0.2, 0.25) is 0 Å². The van der Waals surface area contributed by atoms with E-state index in [2.05, 4.69) is 28.4 Å². The molecule has 16 heavy (non-hydrogen) atoms. The van der Waals surface area contributed by atoms with Crippen LogP contribution in [0.25, 0.3) is 5.52 Å². The monoisotopic (exact) mass is 213 g/mol. The van der Waals surface area contributed by atoms with Crippen LogP contribution in [0.15, 0.2) is 24.3 Å². The van der Waals surface area contributed by atoms with Crippen LogP contribution in [0.5, 0.6) is 0 Å². The Balaban J connectivity index is 2.70. The normalized spacial score (nSPS) is 10.9. The van der Waals surface area contributed by atoms with Gasteiger partial charge in [-0.2, -0.15) is 5.26 Å². The van der Waals surface area contributed by atoms with Gasteiger partial charge >= 0.3 is 0 Å². The van der Waals surface area contributed by atoms with Gasteiger partial charge in [0.1, 0.15) is 6.07 Å². The zero-order valence-corrected chi connectivity index (χ0v) is 9.86. The molecule has 3 nitrogen and oxygen atoms in total. The van der Waals surface area contributed by atoms with E-state index in [1.54, 1.807) is 0 Å². The van der Waals surface area contributed by atoms with Crippen LogP contribution in [0.3, 0.4) is 0 Å². The molecule has 0 N–H and O–H groups in total. The fraction of sp³-hybridized carbons (Fsp3) is 0.308. The van der Waals surface area contributed by atoms with E-state index < -0.39 is 0 Å². The average Bonchev–Trinajstić information content (AvgIpc) is 2.57. The highest BCUT2D eigenvalue weighted by Gasteiger charge is 2.10. The molecule has 3 heteroatoms. The first kappa shape index (κ1) is 10.7. The van der Waals surface area contributed by atoms with Crippen molar-refractivity contribution >= 4 is 5.52 Å². The third kappa shape index (κ3) is 1.68. The van der Waals surface area contributed by atoms with Crippen LogP contribution in [-0.2, 0) is 6.54 Å². The van der Waals surface area contributed by atoms with Crippen molar-refractivity contribution in [1.29, 1.82) is 5.26 Å². The summed E-state index contributed by atoms with van der Waals surface area (Å²) in [6.45, 7) is 2.90. The lowest BCUT2D eigenvalue weighted by atomic mass is 10.2. The highest BCUT2D eigenvalue weighted by atomic mass is 15.1. The third-order valence-electron chi connectivity index (χ3n) is 2.66. The van der Waals surface area contributed by atoms with E-state index in [4.69, 9.17) is 5.26 Å². The summed E-state index contributed by atoms with van der Waals surface area (Å²) in [5.41, 5.74) is 4.07. The molecule has 2 aromatic rings. The second-order valence-electron chi connectivity index (χ2n) is 4.29. The number of nitrogens with zero attached hydrogens (tertiary/aromatic N) is 3. The number of fused-ring (bicyclic) bond motifs is 1. The van der Waals surface area contributed by atoms with Crippen LogP contribution in [0.1, 0.15) is 17.0 Å². The quantitative estimate of drug-likeness (QED) is 0.765. The van der Waals surface area contributed by atoms with Gasteiger partial charge in [0, 0.05) is 17.9 Å². The van der Waals surface area contributed by atoms with Gasteiger partial charge in [0.15, 0.2) is 0 Å². The molecule has 0 amide bonds. The van der Waals surface area contributed by atoms with Crippen LogP contribution < -0.4 is 0 Å². The van der Waals surface area contributed by atoms with Gasteiger partial charge in [0.25, 0.3) is 0 Å². The maximum absolute atomic E-state index is 9.10. The molecule has 2 rings (SSSR count).